The van der Waals surface area contributed by atoms with Crippen LogP contribution >= 0.6 is 11.6 Å². The first-order chi connectivity index (χ1) is 10.0. The average molecular weight is 309 g/mol. The molecule has 0 unspecified atom stereocenters. The van der Waals surface area contributed by atoms with E-state index in [1.54, 1.807) is 6.07 Å². The highest BCUT2D eigenvalue weighted by Crippen LogP contribution is 2.35. The van der Waals surface area contributed by atoms with Crippen molar-refractivity contribution in [2.24, 2.45) is 5.92 Å². The maximum Gasteiger partial charge on any atom is 0.337 e. The number of nitrogens with zero attached hydrogens (tertiary/aromatic N) is 1. The highest BCUT2D eigenvalue weighted by Gasteiger charge is 2.36. The number of urea groups is 1. The van der Waals surface area contributed by atoms with Crippen LogP contribution in [-0.2, 0) is 0 Å². The number of halogens is 1. The summed E-state index contributed by atoms with van der Waals surface area (Å²) in [7, 11) is 0. The highest BCUT2D eigenvalue weighted by molar-refractivity contribution is 6.33. The minimum absolute atomic E-state index is 0.00497. The predicted octanol–water partition coefficient (Wildman–Crippen LogP) is 3.44. The van der Waals surface area contributed by atoms with E-state index in [0.717, 1.165) is 19.4 Å². The molecule has 2 N–H and O–H groups in total. The summed E-state index contributed by atoms with van der Waals surface area (Å²) in [5, 5.41) is 12.0. The predicted molar refractivity (Wildman–Crippen MR) is 79.9 cm³/mol. The van der Waals surface area contributed by atoms with Crippen LogP contribution < -0.4 is 5.32 Å². The summed E-state index contributed by atoms with van der Waals surface area (Å²) in [5.41, 5.74) is 0.456. The van der Waals surface area contributed by atoms with Gasteiger partial charge < -0.3 is 15.3 Å². The summed E-state index contributed by atoms with van der Waals surface area (Å²) in [6, 6.07) is 4.70. The first kappa shape index (κ1) is 14.2. The Labute approximate surface area is 127 Å². The van der Waals surface area contributed by atoms with Gasteiger partial charge in [-0.05, 0) is 49.8 Å². The van der Waals surface area contributed by atoms with Crippen LogP contribution in [0, 0.1) is 5.92 Å². The highest BCUT2D eigenvalue weighted by atomic mass is 35.5. The molecule has 1 aromatic carbocycles. The molecule has 0 spiro atoms. The van der Waals surface area contributed by atoms with E-state index in [9.17, 15) is 9.59 Å². The SMILES string of the molecule is O=C(O)c1cc(NC(=O)N(CC2CC2)C2CC2)ccc1Cl. The van der Waals surface area contributed by atoms with E-state index >= 15 is 0 Å². The molecule has 2 aliphatic carbocycles. The smallest absolute Gasteiger partial charge is 0.337 e. The van der Waals surface area contributed by atoms with E-state index in [-0.39, 0.29) is 16.6 Å². The monoisotopic (exact) mass is 308 g/mol. The molecule has 3 rings (SSSR count). The van der Waals surface area contributed by atoms with Gasteiger partial charge >= 0.3 is 12.0 Å². The molecule has 2 aliphatic rings. The quantitative estimate of drug-likeness (QED) is 0.875. The Morgan fingerprint density at radius 3 is 2.57 bits per heavy atom. The molecular formula is C15H17ClN2O3. The topological polar surface area (TPSA) is 69.6 Å². The van der Waals surface area contributed by atoms with Crippen LogP contribution in [0.25, 0.3) is 0 Å². The summed E-state index contributed by atoms with van der Waals surface area (Å²) in [5.74, 6) is -0.468. The third-order valence-electron chi connectivity index (χ3n) is 3.85. The molecule has 0 aliphatic heterocycles. The van der Waals surface area contributed by atoms with Crippen LogP contribution in [0.15, 0.2) is 18.2 Å². The van der Waals surface area contributed by atoms with Crippen molar-refractivity contribution in [2.75, 3.05) is 11.9 Å². The minimum atomic E-state index is -1.10. The van der Waals surface area contributed by atoms with Gasteiger partial charge in [0, 0.05) is 18.3 Å². The lowest BCUT2D eigenvalue weighted by atomic mass is 10.2. The Bertz CT molecular complexity index is 582. The Morgan fingerprint density at radius 2 is 2.00 bits per heavy atom. The number of benzene rings is 1. The second-order valence-electron chi connectivity index (χ2n) is 5.76. The number of anilines is 1. The number of nitrogens with one attached hydrogen (secondary N) is 1. The maximum absolute atomic E-state index is 12.4. The van der Waals surface area contributed by atoms with Crippen molar-refractivity contribution in [2.45, 2.75) is 31.7 Å². The molecule has 6 heteroatoms. The number of rotatable bonds is 5. The summed E-state index contributed by atoms with van der Waals surface area (Å²) in [6.07, 6.45) is 4.50. The van der Waals surface area contributed by atoms with Crippen LogP contribution in [0.5, 0.6) is 0 Å². The number of aromatic carboxylic acids is 1. The number of amides is 2. The van der Waals surface area contributed by atoms with Gasteiger partial charge in [-0.25, -0.2) is 9.59 Å². The van der Waals surface area contributed by atoms with Crippen molar-refractivity contribution in [1.82, 2.24) is 4.90 Å². The zero-order valence-electron chi connectivity index (χ0n) is 11.5. The lowest BCUT2D eigenvalue weighted by Gasteiger charge is -2.23. The second-order valence-corrected chi connectivity index (χ2v) is 6.16. The Kier molecular flexibility index (Phi) is 3.76. The molecule has 1 aromatic rings. The summed E-state index contributed by atoms with van der Waals surface area (Å²) in [4.78, 5) is 25.3. The van der Waals surface area contributed by atoms with Gasteiger partial charge in [-0.2, -0.15) is 0 Å². The molecule has 112 valence electrons. The first-order valence-electron chi connectivity index (χ1n) is 7.15. The molecule has 21 heavy (non-hydrogen) atoms. The number of carboxylic acid groups (broad SMARTS) is 1. The maximum atomic E-state index is 12.4. The van der Waals surface area contributed by atoms with Crippen molar-refractivity contribution < 1.29 is 14.7 Å². The Balaban J connectivity index is 1.70. The van der Waals surface area contributed by atoms with Crippen LogP contribution in [0.2, 0.25) is 5.02 Å². The van der Waals surface area contributed by atoms with Gasteiger partial charge in [-0.15, -0.1) is 0 Å². The second kappa shape index (κ2) is 5.56. The van der Waals surface area contributed by atoms with E-state index in [1.165, 1.54) is 25.0 Å². The minimum Gasteiger partial charge on any atom is -0.478 e. The summed E-state index contributed by atoms with van der Waals surface area (Å²) < 4.78 is 0. The standard InChI is InChI=1S/C15H17ClN2O3/c16-13-6-3-10(7-12(13)14(19)20)17-15(21)18(11-4-5-11)8-9-1-2-9/h3,6-7,9,11H,1-2,4-5,8H2,(H,17,21)(H,19,20). The van der Waals surface area contributed by atoms with Gasteiger partial charge in [0.25, 0.3) is 0 Å². The lowest BCUT2D eigenvalue weighted by Crippen LogP contribution is -2.38. The molecule has 5 nitrogen and oxygen atoms in total. The molecule has 0 heterocycles. The van der Waals surface area contributed by atoms with Crippen LogP contribution in [0.4, 0.5) is 10.5 Å². The van der Waals surface area contributed by atoms with Crippen LogP contribution in [0.1, 0.15) is 36.0 Å². The molecular weight excluding hydrogens is 292 g/mol. The summed E-state index contributed by atoms with van der Waals surface area (Å²) >= 11 is 5.82. The van der Waals surface area contributed by atoms with Crippen LogP contribution in [-0.4, -0.2) is 34.6 Å². The Hall–Kier alpha value is -1.75. The van der Waals surface area contributed by atoms with E-state index in [2.05, 4.69) is 5.32 Å². The van der Waals surface area contributed by atoms with Gasteiger partial charge in [0.1, 0.15) is 0 Å². The molecule has 0 saturated heterocycles. The zero-order valence-corrected chi connectivity index (χ0v) is 12.3. The van der Waals surface area contributed by atoms with E-state index < -0.39 is 5.97 Å². The van der Waals surface area contributed by atoms with Crippen molar-refractivity contribution in [3.05, 3.63) is 28.8 Å². The molecule has 0 aromatic heterocycles. The largest absolute Gasteiger partial charge is 0.478 e. The van der Waals surface area contributed by atoms with E-state index in [1.807, 2.05) is 4.90 Å². The number of carbonyl (C=O) groups is 2. The van der Waals surface area contributed by atoms with E-state index in [4.69, 9.17) is 16.7 Å². The third-order valence-corrected chi connectivity index (χ3v) is 4.18. The molecule has 0 atom stereocenters. The number of hydrogen-bond donors (Lipinski definition) is 2. The van der Waals surface area contributed by atoms with Crippen molar-refractivity contribution in [3.8, 4) is 0 Å². The van der Waals surface area contributed by atoms with Gasteiger partial charge in [0.2, 0.25) is 0 Å². The zero-order chi connectivity index (χ0) is 15.0. The molecule has 2 amide bonds. The number of carbonyl (C=O) groups excluding carboxylic acids is 1. The molecule has 2 fully saturated rings. The molecule has 0 radical (unpaired) electrons. The van der Waals surface area contributed by atoms with Gasteiger partial charge in [-0.3, -0.25) is 0 Å². The van der Waals surface area contributed by atoms with Gasteiger partial charge in [-0.1, -0.05) is 11.6 Å². The first-order valence-corrected chi connectivity index (χ1v) is 7.53. The van der Waals surface area contributed by atoms with Crippen molar-refractivity contribution in [3.63, 3.8) is 0 Å². The number of hydrogen-bond acceptors (Lipinski definition) is 2. The third kappa shape index (κ3) is 3.47. The number of carboxylic acids is 1. The molecule has 0 bridgehead atoms. The van der Waals surface area contributed by atoms with E-state index in [0.29, 0.717) is 17.6 Å². The fourth-order valence-corrected chi connectivity index (χ4v) is 2.52. The van der Waals surface area contributed by atoms with Gasteiger partial charge in [0.05, 0.1) is 10.6 Å². The van der Waals surface area contributed by atoms with Gasteiger partial charge in [0.15, 0.2) is 0 Å². The lowest BCUT2D eigenvalue weighted by molar-refractivity contribution is 0.0697. The Morgan fingerprint density at radius 1 is 1.29 bits per heavy atom. The van der Waals surface area contributed by atoms with Crippen LogP contribution in [0.3, 0.4) is 0 Å². The average Bonchev–Trinajstić information content (AvgIpc) is 3.31. The normalized spacial score (nSPS) is 17.4. The van der Waals surface area contributed by atoms with Crippen molar-refractivity contribution >= 4 is 29.3 Å². The fraction of sp³-hybridized carbons (Fsp3) is 0.467. The van der Waals surface area contributed by atoms with Crippen molar-refractivity contribution in [1.29, 1.82) is 0 Å². The fourth-order valence-electron chi connectivity index (χ4n) is 2.32. The molecule has 2 saturated carbocycles. The summed E-state index contributed by atoms with van der Waals surface area (Å²) in [6.45, 7) is 0.801.